The van der Waals surface area contributed by atoms with Gasteiger partial charge in [-0.25, -0.2) is 0 Å². The van der Waals surface area contributed by atoms with E-state index in [4.69, 9.17) is 9.47 Å². The van der Waals surface area contributed by atoms with E-state index in [-0.39, 0.29) is 12.5 Å². The predicted molar refractivity (Wildman–Crippen MR) is 74.7 cm³/mol. The van der Waals surface area contributed by atoms with Crippen molar-refractivity contribution in [1.29, 1.82) is 0 Å². The number of methoxy groups -OCH3 is 1. The molecule has 0 bridgehead atoms. The SMILES string of the molecule is CCOC(=O)CNC(=O)c1ccc(OC)c(I)c1. The number of nitrogens with one attached hydrogen (secondary N) is 1. The molecule has 0 spiro atoms. The van der Waals surface area contributed by atoms with Gasteiger partial charge in [0.15, 0.2) is 0 Å². The first kappa shape index (κ1) is 14.7. The summed E-state index contributed by atoms with van der Waals surface area (Å²) in [5, 5.41) is 2.49. The summed E-state index contributed by atoms with van der Waals surface area (Å²) >= 11 is 2.08. The van der Waals surface area contributed by atoms with Crippen LogP contribution < -0.4 is 10.1 Å². The van der Waals surface area contributed by atoms with Crippen LogP contribution in [0.15, 0.2) is 18.2 Å². The lowest BCUT2D eigenvalue weighted by Gasteiger charge is -2.07. The van der Waals surface area contributed by atoms with E-state index in [0.29, 0.717) is 17.9 Å². The Hall–Kier alpha value is -1.31. The summed E-state index contributed by atoms with van der Waals surface area (Å²) in [6.07, 6.45) is 0. The molecule has 98 valence electrons. The van der Waals surface area contributed by atoms with Gasteiger partial charge in [0, 0.05) is 5.56 Å². The smallest absolute Gasteiger partial charge is 0.325 e. The monoisotopic (exact) mass is 363 g/mol. The van der Waals surface area contributed by atoms with Gasteiger partial charge in [0.1, 0.15) is 12.3 Å². The van der Waals surface area contributed by atoms with E-state index in [1.165, 1.54) is 0 Å². The maximum Gasteiger partial charge on any atom is 0.325 e. The summed E-state index contributed by atoms with van der Waals surface area (Å²) in [7, 11) is 1.57. The first-order chi connectivity index (χ1) is 8.58. The minimum Gasteiger partial charge on any atom is -0.496 e. The van der Waals surface area contributed by atoms with E-state index in [1.54, 1.807) is 32.2 Å². The van der Waals surface area contributed by atoms with Crippen LogP contribution in [-0.2, 0) is 9.53 Å². The Labute approximate surface area is 119 Å². The van der Waals surface area contributed by atoms with Gasteiger partial charge in [0.05, 0.1) is 17.3 Å². The van der Waals surface area contributed by atoms with Gasteiger partial charge in [0.25, 0.3) is 5.91 Å². The summed E-state index contributed by atoms with van der Waals surface area (Å²) in [6, 6.07) is 5.04. The highest BCUT2D eigenvalue weighted by atomic mass is 127. The fourth-order valence-electron chi connectivity index (χ4n) is 1.27. The van der Waals surface area contributed by atoms with Gasteiger partial charge in [-0.2, -0.15) is 0 Å². The third-order valence-electron chi connectivity index (χ3n) is 2.11. The highest BCUT2D eigenvalue weighted by Gasteiger charge is 2.10. The second-order valence-electron chi connectivity index (χ2n) is 3.34. The Kier molecular flexibility index (Phi) is 5.90. The second kappa shape index (κ2) is 7.20. The van der Waals surface area contributed by atoms with Crippen LogP contribution in [0.1, 0.15) is 17.3 Å². The summed E-state index contributed by atoms with van der Waals surface area (Å²) < 4.78 is 10.6. The second-order valence-corrected chi connectivity index (χ2v) is 4.50. The molecule has 1 aromatic carbocycles. The molecule has 0 atom stereocenters. The van der Waals surface area contributed by atoms with Crippen LogP contribution in [0.25, 0.3) is 0 Å². The third kappa shape index (κ3) is 4.17. The zero-order valence-corrected chi connectivity index (χ0v) is 12.3. The molecule has 0 fully saturated rings. The zero-order valence-electron chi connectivity index (χ0n) is 10.2. The van der Waals surface area contributed by atoms with Crippen LogP contribution in [0.5, 0.6) is 5.75 Å². The fraction of sp³-hybridized carbons (Fsp3) is 0.333. The van der Waals surface area contributed by atoms with Gasteiger partial charge in [-0.05, 0) is 47.7 Å². The molecule has 0 heterocycles. The van der Waals surface area contributed by atoms with Crippen LogP contribution in [0.2, 0.25) is 0 Å². The molecule has 18 heavy (non-hydrogen) atoms. The van der Waals surface area contributed by atoms with Crippen LogP contribution >= 0.6 is 22.6 Å². The van der Waals surface area contributed by atoms with E-state index in [2.05, 4.69) is 27.9 Å². The quantitative estimate of drug-likeness (QED) is 0.638. The molecule has 5 nitrogen and oxygen atoms in total. The molecular formula is C12H14INO4. The number of carbonyl (C=O) groups excluding carboxylic acids is 2. The lowest BCUT2D eigenvalue weighted by Crippen LogP contribution is -2.30. The molecular weight excluding hydrogens is 349 g/mol. The zero-order chi connectivity index (χ0) is 13.5. The van der Waals surface area contributed by atoms with Crippen molar-refractivity contribution in [3.8, 4) is 5.75 Å². The Morgan fingerprint density at radius 1 is 1.39 bits per heavy atom. The summed E-state index contributed by atoms with van der Waals surface area (Å²) in [4.78, 5) is 22.8. The minimum atomic E-state index is -0.450. The first-order valence-electron chi connectivity index (χ1n) is 5.35. The number of amides is 1. The molecule has 1 rings (SSSR count). The van der Waals surface area contributed by atoms with Crippen LogP contribution in [0, 0.1) is 3.57 Å². The summed E-state index contributed by atoms with van der Waals surface area (Å²) in [5.41, 5.74) is 0.476. The molecule has 0 aliphatic carbocycles. The molecule has 6 heteroatoms. The van der Waals surface area contributed by atoms with Crippen molar-refractivity contribution in [2.24, 2.45) is 0 Å². The molecule has 1 N–H and O–H groups in total. The Balaban J connectivity index is 2.62. The van der Waals surface area contributed by atoms with Gasteiger partial charge in [0.2, 0.25) is 0 Å². The van der Waals surface area contributed by atoms with Crippen molar-refractivity contribution in [3.05, 3.63) is 27.3 Å². The molecule has 0 aliphatic heterocycles. The number of benzene rings is 1. The van der Waals surface area contributed by atoms with Crippen LogP contribution in [0.4, 0.5) is 0 Å². The Morgan fingerprint density at radius 2 is 2.11 bits per heavy atom. The average Bonchev–Trinajstić information content (AvgIpc) is 2.36. The number of hydrogen-bond donors (Lipinski definition) is 1. The van der Waals surface area contributed by atoms with Gasteiger partial charge in [-0.3, -0.25) is 9.59 Å². The van der Waals surface area contributed by atoms with Crippen molar-refractivity contribution in [1.82, 2.24) is 5.32 Å². The van der Waals surface area contributed by atoms with Crippen molar-refractivity contribution in [2.45, 2.75) is 6.92 Å². The summed E-state index contributed by atoms with van der Waals surface area (Å²) in [5.74, 6) is -0.0600. The largest absolute Gasteiger partial charge is 0.496 e. The Bertz CT molecular complexity index is 448. The molecule has 0 aromatic heterocycles. The summed E-state index contributed by atoms with van der Waals surface area (Å²) in [6.45, 7) is 1.88. The van der Waals surface area contributed by atoms with E-state index in [1.807, 2.05) is 0 Å². The number of hydrogen-bond acceptors (Lipinski definition) is 4. The number of ether oxygens (including phenoxy) is 2. The average molecular weight is 363 g/mol. The fourth-order valence-corrected chi connectivity index (χ4v) is 2.01. The minimum absolute atomic E-state index is 0.130. The van der Waals surface area contributed by atoms with Gasteiger partial charge >= 0.3 is 5.97 Å². The topological polar surface area (TPSA) is 64.6 Å². The maximum atomic E-state index is 11.7. The lowest BCUT2D eigenvalue weighted by molar-refractivity contribution is -0.141. The van der Waals surface area contributed by atoms with Crippen LogP contribution in [0.3, 0.4) is 0 Å². The molecule has 0 unspecified atom stereocenters. The highest BCUT2D eigenvalue weighted by Crippen LogP contribution is 2.21. The molecule has 0 radical (unpaired) electrons. The highest BCUT2D eigenvalue weighted by molar-refractivity contribution is 14.1. The van der Waals surface area contributed by atoms with Crippen molar-refractivity contribution < 1.29 is 19.1 Å². The first-order valence-corrected chi connectivity index (χ1v) is 6.43. The van der Waals surface area contributed by atoms with Gasteiger partial charge in [-0.15, -0.1) is 0 Å². The van der Waals surface area contributed by atoms with Gasteiger partial charge in [-0.1, -0.05) is 0 Å². The maximum absolute atomic E-state index is 11.7. The van der Waals surface area contributed by atoms with E-state index < -0.39 is 5.97 Å². The molecule has 0 saturated heterocycles. The number of halogens is 1. The standard InChI is InChI=1S/C12H14INO4/c1-3-18-11(15)7-14-12(16)8-4-5-10(17-2)9(13)6-8/h4-6H,3,7H2,1-2H3,(H,14,16). The normalized spacial score (nSPS) is 9.72. The molecule has 1 aromatic rings. The van der Waals surface area contributed by atoms with E-state index >= 15 is 0 Å². The van der Waals surface area contributed by atoms with Crippen molar-refractivity contribution in [3.63, 3.8) is 0 Å². The van der Waals surface area contributed by atoms with Gasteiger partial charge < -0.3 is 14.8 Å². The van der Waals surface area contributed by atoms with E-state index in [0.717, 1.165) is 3.57 Å². The van der Waals surface area contributed by atoms with E-state index in [9.17, 15) is 9.59 Å². The number of rotatable bonds is 5. The molecule has 0 aliphatic rings. The van der Waals surface area contributed by atoms with Crippen molar-refractivity contribution in [2.75, 3.05) is 20.3 Å². The van der Waals surface area contributed by atoms with Crippen LogP contribution in [-0.4, -0.2) is 32.1 Å². The molecule has 1 amide bonds. The Morgan fingerprint density at radius 3 is 2.67 bits per heavy atom. The number of esters is 1. The predicted octanol–water partition coefficient (Wildman–Crippen LogP) is 1.59. The molecule has 0 saturated carbocycles. The number of carbonyl (C=O) groups is 2. The lowest BCUT2D eigenvalue weighted by atomic mass is 10.2. The van der Waals surface area contributed by atoms with Crippen molar-refractivity contribution >= 4 is 34.5 Å². The third-order valence-corrected chi connectivity index (χ3v) is 2.96.